The highest BCUT2D eigenvalue weighted by Gasteiger charge is 2.31. The Bertz CT molecular complexity index is 1440. The van der Waals surface area contributed by atoms with E-state index in [0.29, 0.717) is 24.8 Å². The van der Waals surface area contributed by atoms with Gasteiger partial charge in [-0.1, -0.05) is 18.2 Å². The monoisotopic (exact) mass is 513 g/mol. The predicted octanol–water partition coefficient (Wildman–Crippen LogP) is 4.69. The third-order valence-corrected chi connectivity index (χ3v) is 8.65. The van der Waals surface area contributed by atoms with E-state index in [9.17, 15) is 13.2 Å². The Morgan fingerprint density at radius 2 is 1.91 bits per heavy atom. The van der Waals surface area contributed by atoms with Gasteiger partial charge in [0.25, 0.3) is 10.0 Å². The van der Waals surface area contributed by atoms with Gasteiger partial charge in [-0.2, -0.15) is 0 Å². The molecule has 4 aromatic rings. The number of aromatic nitrogens is 2. The normalized spacial score (nSPS) is 17.5. The zero-order valence-electron chi connectivity index (χ0n) is 19.5. The average Bonchev–Trinajstić information content (AvgIpc) is 3.53. The molecule has 10 heteroatoms. The Hall–Kier alpha value is -3.37. The molecule has 1 N–H and O–H groups in total. The van der Waals surface area contributed by atoms with Crippen LogP contribution in [0.2, 0.25) is 0 Å². The molecular formula is C25H31N5O3S2. The second-order valence-electron chi connectivity index (χ2n) is 8.72. The lowest BCUT2D eigenvalue weighted by atomic mass is 10.1. The van der Waals surface area contributed by atoms with Crippen molar-refractivity contribution in [2.24, 2.45) is 0 Å². The Morgan fingerprint density at radius 3 is 2.63 bits per heavy atom. The van der Waals surface area contributed by atoms with E-state index >= 15 is 0 Å². The van der Waals surface area contributed by atoms with Gasteiger partial charge in [0.1, 0.15) is 6.04 Å². The molecule has 2 aromatic carbocycles. The summed E-state index contributed by atoms with van der Waals surface area (Å²) in [6, 6.07) is 16.7. The highest BCUT2D eigenvalue weighted by Crippen LogP contribution is 2.26. The summed E-state index contributed by atoms with van der Waals surface area (Å²) >= 11 is 1.23. The topological polar surface area (TPSA) is 87.5 Å². The van der Waals surface area contributed by atoms with Crippen LogP contribution in [-0.4, -0.2) is 54.5 Å². The fourth-order valence-electron chi connectivity index (χ4n) is 4.60. The number of rotatable bonds is 6. The number of nitrogens with one attached hydrogen (secondary N) is 1. The summed E-state index contributed by atoms with van der Waals surface area (Å²) in [7, 11) is -3.68. The molecule has 186 valence electrons. The van der Waals surface area contributed by atoms with Crippen LogP contribution >= 0.6 is 11.3 Å². The molecule has 1 unspecified atom stereocenters. The van der Waals surface area contributed by atoms with Crippen LogP contribution in [0, 0.1) is 0 Å². The molecule has 2 aromatic heterocycles. The fraction of sp³-hybridized carbons (Fsp3) is 0.280. The first-order valence-electron chi connectivity index (χ1n) is 11.5. The molecule has 3 heterocycles. The highest BCUT2D eigenvalue weighted by molar-refractivity contribution is 7.93. The Kier molecular flexibility index (Phi) is 6.24. The number of hydrogen-bond donors (Lipinski definition) is 1. The van der Waals surface area contributed by atoms with Crippen molar-refractivity contribution >= 4 is 49.0 Å². The summed E-state index contributed by atoms with van der Waals surface area (Å²) in [4.78, 5) is 21.7. The van der Waals surface area contributed by atoms with Crippen molar-refractivity contribution in [3.05, 3.63) is 72.4 Å². The number of piperazine rings is 1. The van der Waals surface area contributed by atoms with Crippen molar-refractivity contribution in [3.8, 4) is 0 Å². The number of sulfonamides is 1. The molecule has 0 spiro atoms. The first kappa shape index (κ1) is 23.4. The van der Waals surface area contributed by atoms with Gasteiger partial charge in [0, 0.05) is 57.5 Å². The number of hydrogen-bond acceptors (Lipinski definition) is 6. The van der Waals surface area contributed by atoms with Gasteiger partial charge >= 0.3 is 0 Å². The largest absolute Gasteiger partial charge is 0.368 e. The van der Waals surface area contributed by atoms with Gasteiger partial charge in [-0.05, 0) is 55.6 Å². The SMILES string of the molecule is CC(C(=O)N1CCN(c2ccc(S(=O)(=O)Nc3nccs3)cc2)C[C@H]1C)n1ccc2ccccc21.[HH].[HH]. The summed E-state index contributed by atoms with van der Waals surface area (Å²) in [5.41, 5.74) is 1.99. The molecule has 1 aliphatic rings. The summed E-state index contributed by atoms with van der Waals surface area (Å²) in [6.07, 6.45) is 3.53. The maximum atomic E-state index is 13.4. The number of para-hydroxylation sites is 1. The maximum Gasteiger partial charge on any atom is 0.263 e. The first-order chi connectivity index (χ1) is 16.8. The van der Waals surface area contributed by atoms with Crippen LogP contribution in [0.4, 0.5) is 10.8 Å². The van der Waals surface area contributed by atoms with Crippen molar-refractivity contribution in [2.45, 2.75) is 30.8 Å². The first-order valence-corrected chi connectivity index (χ1v) is 13.8. The van der Waals surface area contributed by atoms with E-state index in [-0.39, 0.29) is 25.7 Å². The molecule has 35 heavy (non-hydrogen) atoms. The number of benzene rings is 2. The van der Waals surface area contributed by atoms with E-state index in [0.717, 1.165) is 16.6 Å². The van der Waals surface area contributed by atoms with Crippen LogP contribution in [0.25, 0.3) is 10.9 Å². The Balaban J connectivity index is 0.00000190. The van der Waals surface area contributed by atoms with E-state index in [1.165, 1.54) is 11.3 Å². The third-order valence-electron chi connectivity index (χ3n) is 6.48. The van der Waals surface area contributed by atoms with Crippen LogP contribution < -0.4 is 9.62 Å². The third kappa shape index (κ3) is 4.63. The summed E-state index contributed by atoms with van der Waals surface area (Å²) in [6.45, 7) is 5.97. The molecule has 1 fully saturated rings. The molecule has 0 radical (unpaired) electrons. The van der Waals surface area contributed by atoms with Gasteiger partial charge in [-0.15, -0.1) is 11.3 Å². The standard InChI is InChI=1S/C25H27N5O3S2.2H2/c1-18-17-28(21-7-9-22(10-8-21)35(32,33)27-25-26-12-16-34-25)14-15-29(18)24(31)19(2)30-13-11-20-5-3-4-6-23(20)30;;/h3-13,16,18-19H,14-15,17H2,1-2H3,(H,26,27);2*1H/t18-,19?;;/m1../s1. The van der Waals surface area contributed by atoms with Crippen LogP contribution in [0.3, 0.4) is 0 Å². The predicted molar refractivity (Wildman–Crippen MR) is 144 cm³/mol. The van der Waals surface area contributed by atoms with E-state index in [1.807, 2.05) is 59.0 Å². The van der Waals surface area contributed by atoms with Crippen LogP contribution in [-0.2, 0) is 14.8 Å². The number of fused-ring (bicyclic) bond motifs is 1. The van der Waals surface area contributed by atoms with Gasteiger partial charge in [0.05, 0.1) is 4.90 Å². The van der Waals surface area contributed by atoms with Gasteiger partial charge in [0.15, 0.2) is 5.13 Å². The molecule has 1 amide bonds. The molecule has 0 saturated carbocycles. The second kappa shape index (κ2) is 9.35. The number of carbonyl (C=O) groups excluding carboxylic acids is 1. The number of anilines is 2. The lowest BCUT2D eigenvalue weighted by molar-refractivity contribution is -0.136. The lowest BCUT2D eigenvalue weighted by Gasteiger charge is -2.42. The highest BCUT2D eigenvalue weighted by atomic mass is 32.2. The van der Waals surface area contributed by atoms with Gasteiger partial charge in [-0.25, -0.2) is 13.4 Å². The smallest absolute Gasteiger partial charge is 0.263 e. The maximum absolute atomic E-state index is 13.4. The molecule has 8 nitrogen and oxygen atoms in total. The molecule has 5 rings (SSSR count). The van der Waals surface area contributed by atoms with Crippen LogP contribution in [0.15, 0.2) is 77.3 Å². The molecule has 0 aliphatic carbocycles. The minimum atomic E-state index is -3.68. The molecule has 1 saturated heterocycles. The number of amides is 1. The summed E-state index contributed by atoms with van der Waals surface area (Å²) in [5, 5.41) is 3.18. The minimum absolute atomic E-state index is 0. The Labute approximate surface area is 211 Å². The fourth-order valence-corrected chi connectivity index (χ4v) is 6.39. The molecular weight excluding hydrogens is 482 g/mol. The van der Waals surface area contributed by atoms with E-state index in [4.69, 9.17) is 0 Å². The summed E-state index contributed by atoms with van der Waals surface area (Å²) in [5.74, 6) is 0.105. The minimum Gasteiger partial charge on any atom is -0.368 e. The van der Waals surface area contributed by atoms with Crippen LogP contribution in [0.5, 0.6) is 0 Å². The number of carbonyl (C=O) groups is 1. The second-order valence-corrected chi connectivity index (χ2v) is 11.3. The van der Waals surface area contributed by atoms with Gasteiger partial charge < -0.3 is 14.4 Å². The van der Waals surface area contributed by atoms with E-state index < -0.39 is 10.0 Å². The number of thiazole rings is 1. The zero-order chi connectivity index (χ0) is 24.6. The average molecular weight is 514 g/mol. The molecule has 2 atom stereocenters. The van der Waals surface area contributed by atoms with Crippen molar-refractivity contribution in [2.75, 3.05) is 29.3 Å². The lowest BCUT2D eigenvalue weighted by Crippen LogP contribution is -2.55. The molecule has 1 aliphatic heterocycles. The van der Waals surface area contributed by atoms with Gasteiger partial charge in [-0.3, -0.25) is 9.52 Å². The van der Waals surface area contributed by atoms with Crippen molar-refractivity contribution in [1.82, 2.24) is 14.5 Å². The van der Waals surface area contributed by atoms with Crippen molar-refractivity contribution in [1.29, 1.82) is 0 Å². The van der Waals surface area contributed by atoms with Crippen LogP contribution in [0.1, 0.15) is 22.7 Å². The number of nitrogens with zero attached hydrogens (tertiary/aromatic N) is 4. The van der Waals surface area contributed by atoms with Crippen molar-refractivity contribution < 1.29 is 16.1 Å². The summed E-state index contributed by atoms with van der Waals surface area (Å²) < 4.78 is 29.7. The quantitative estimate of drug-likeness (QED) is 0.404. The van der Waals surface area contributed by atoms with Gasteiger partial charge in [0.2, 0.25) is 5.91 Å². The van der Waals surface area contributed by atoms with E-state index in [2.05, 4.69) is 27.6 Å². The van der Waals surface area contributed by atoms with Crippen molar-refractivity contribution in [3.63, 3.8) is 0 Å². The Morgan fingerprint density at radius 1 is 1.14 bits per heavy atom. The molecule has 0 bridgehead atoms. The van der Waals surface area contributed by atoms with E-state index in [1.54, 1.807) is 23.7 Å². The zero-order valence-corrected chi connectivity index (χ0v) is 21.2.